The van der Waals surface area contributed by atoms with E-state index in [0.717, 1.165) is 36.1 Å². The molecule has 10 heteroatoms. The third-order valence-electron chi connectivity index (χ3n) is 6.26. The Morgan fingerprint density at radius 2 is 1.97 bits per heavy atom. The largest absolute Gasteiger partial charge is 0.494 e. The number of benzene rings is 2. The summed E-state index contributed by atoms with van der Waals surface area (Å²) in [4.78, 5) is 15.1. The third-order valence-corrected chi connectivity index (χ3v) is 6.26. The lowest BCUT2D eigenvalue weighted by molar-refractivity contribution is -0.138. The zero-order valence-electron chi connectivity index (χ0n) is 20.1. The molecular formula is C27H26F4N2O4. The second-order valence-electron chi connectivity index (χ2n) is 8.76. The number of carbonyl (C=O) groups is 1. The van der Waals surface area contributed by atoms with Gasteiger partial charge in [0.25, 0.3) is 0 Å². The zero-order valence-corrected chi connectivity index (χ0v) is 20.1. The normalized spacial score (nSPS) is 14.8. The summed E-state index contributed by atoms with van der Waals surface area (Å²) in [6, 6.07) is 11.4. The van der Waals surface area contributed by atoms with E-state index in [1.165, 1.54) is 25.3 Å². The standard InChI is InChI=1S/C27H26F4N2O4/c1-36-23-9-5-18(14-22(23)28)26-21(27(29,30)31)8-10-24(33-26)32-11-2-12-37-19-6-7-20-16(13-19)3-4-17(20)15-25(34)35/h5-10,13-14,17H,2-4,11-12,15H2,1H3,(H,32,33)(H,34,35)/t17-/m0/s1. The molecule has 0 aliphatic heterocycles. The Hall–Kier alpha value is -3.82. The summed E-state index contributed by atoms with van der Waals surface area (Å²) in [6.45, 7) is 0.752. The summed E-state index contributed by atoms with van der Waals surface area (Å²) in [5.74, 6) is -0.727. The van der Waals surface area contributed by atoms with E-state index in [1.807, 2.05) is 18.2 Å². The van der Waals surface area contributed by atoms with Crippen LogP contribution in [0.1, 0.15) is 41.9 Å². The first-order chi connectivity index (χ1) is 17.7. The average Bonchev–Trinajstić information content (AvgIpc) is 3.24. The number of alkyl halides is 3. The Bertz CT molecular complexity index is 1280. The van der Waals surface area contributed by atoms with Gasteiger partial charge in [0.05, 0.1) is 31.4 Å². The van der Waals surface area contributed by atoms with Crippen molar-refractivity contribution in [1.29, 1.82) is 0 Å². The first-order valence-electron chi connectivity index (χ1n) is 11.8. The summed E-state index contributed by atoms with van der Waals surface area (Å²) in [6.07, 6.45) is -2.37. The van der Waals surface area contributed by atoms with Crippen molar-refractivity contribution in [3.8, 4) is 22.8 Å². The molecule has 1 atom stereocenters. The Labute approximate surface area is 211 Å². The molecule has 3 aromatic rings. The molecule has 37 heavy (non-hydrogen) atoms. The monoisotopic (exact) mass is 518 g/mol. The molecule has 6 nitrogen and oxygen atoms in total. The number of hydrogen-bond donors (Lipinski definition) is 2. The van der Waals surface area contributed by atoms with E-state index in [1.54, 1.807) is 0 Å². The number of aromatic nitrogens is 1. The lowest BCUT2D eigenvalue weighted by Crippen LogP contribution is -2.12. The number of pyridine rings is 1. The lowest BCUT2D eigenvalue weighted by Gasteiger charge is -2.15. The molecule has 196 valence electrons. The summed E-state index contributed by atoms with van der Waals surface area (Å²) in [7, 11) is 1.27. The summed E-state index contributed by atoms with van der Waals surface area (Å²) >= 11 is 0. The van der Waals surface area contributed by atoms with Crippen molar-refractivity contribution in [3.63, 3.8) is 0 Å². The molecule has 1 aliphatic carbocycles. The highest BCUT2D eigenvalue weighted by Gasteiger charge is 2.35. The highest BCUT2D eigenvalue weighted by molar-refractivity contribution is 5.69. The highest BCUT2D eigenvalue weighted by atomic mass is 19.4. The van der Waals surface area contributed by atoms with Crippen LogP contribution < -0.4 is 14.8 Å². The van der Waals surface area contributed by atoms with Crippen LogP contribution in [-0.2, 0) is 17.4 Å². The van der Waals surface area contributed by atoms with Crippen molar-refractivity contribution in [2.45, 2.75) is 37.8 Å². The van der Waals surface area contributed by atoms with E-state index in [4.69, 9.17) is 14.6 Å². The fourth-order valence-corrected chi connectivity index (χ4v) is 4.49. The first-order valence-corrected chi connectivity index (χ1v) is 11.8. The van der Waals surface area contributed by atoms with Crippen LogP contribution in [-0.4, -0.2) is 36.3 Å². The molecule has 1 aromatic heterocycles. The van der Waals surface area contributed by atoms with Gasteiger partial charge in [0.2, 0.25) is 0 Å². The van der Waals surface area contributed by atoms with Gasteiger partial charge < -0.3 is 19.9 Å². The molecule has 0 radical (unpaired) electrons. The Morgan fingerprint density at radius 3 is 2.68 bits per heavy atom. The van der Waals surface area contributed by atoms with Crippen LogP contribution in [0.2, 0.25) is 0 Å². The molecule has 2 aromatic carbocycles. The van der Waals surface area contributed by atoms with Gasteiger partial charge in [-0.1, -0.05) is 6.07 Å². The van der Waals surface area contributed by atoms with Crippen LogP contribution in [0.4, 0.5) is 23.4 Å². The molecule has 0 spiro atoms. The van der Waals surface area contributed by atoms with Gasteiger partial charge in [-0.25, -0.2) is 9.37 Å². The van der Waals surface area contributed by atoms with Crippen molar-refractivity contribution in [1.82, 2.24) is 4.98 Å². The van der Waals surface area contributed by atoms with Crippen LogP contribution in [0.3, 0.4) is 0 Å². The number of ether oxygens (including phenoxy) is 2. The maximum absolute atomic E-state index is 14.1. The molecule has 0 amide bonds. The van der Waals surface area contributed by atoms with E-state index in [-0.39, 0.29) is 35.2 Å². The number of aliphatic carboxylic acids is 1. The predicted molar refractivity (Wildman–Crippen MR) is 130 cm³/mol. The molecule has 1 heterocycles. The van der Waals surface area contributed by atoms with Gasteiger partial charge in [-0.3, -0.25) is 4.79 Å². The van der Waals surface area contributed by atoms with Crippen molar-refractivity contribution < 1.29 is 36.9 Å². The van der Waals surface area contributed by atoms with E-state index in [2.05, 4.69) is 10.3 Å². The number of carboxylic acid groups (broad SMARTS) is 1. The zero-order chi connectivity index (χ0) is 26.6. The molecule has 1 aliphatic rings. The summed E-state index contributed by atoms with van der Waals surface area (Å²) in [5.41, 5.74) is 0.790. The van der Waals surface area contributed by atoms with Crippen LogP contribution in [0.5, 0.6) is 11.5 Å². The van der Waals surface area contributed by atoms with Gasteiger partial charge in [-0.05, 0) is 78.8 Å². The molecule has 0 saturated carbocycles. The van der Waals surface area contributed by atoms with Crippen molar-refractivity contribution in [3.05, 3.63) is 71.0 Å². The summed E-state index contributed by atoms with van der Waals surface area (Å²) < 4.78 is 65.5. The Balaban J connectivity index is 1.36. The second kappa shape index (κ2) is 11.1. The quantitative estimate of drug-likeness (QED) is 0.242. The smallest absolute Gasteiger partial charge is 0.418 e. The van der Waals surface area contributed by atoms with Gasteiger partial charge >= 0.3 is 12.1 Å². The number of aryl methyl sites for hydroxylation is 1. The fourth-order valence-electron chi connectivity index (χ4n) is 4.49. The van der Waals surface area contributed by atoms with Gasteiger partial charge in [-0.2, -0.15) is 13.2 Å². The molecule has 0 bridgehead atoms. The fraction of sp³-hybridized carbons (Fsp3) is 0.333. The minimum Gasteiger partial charge on any atom is -0.494 e. The molecule has 2 N–H and O–H groups in total. The van der Waals surface area contributed by atoms with Gasteiger partial charge in [0.1, 0.15) is 11.6 Å². The van der Waals surface area contributed by atoms with Crippen LogP contribution in [0, 0.1) is 5.82 Å². The average molecular weight is 519 g/mol. The van der Waals surface area contributed by atoms with E-state index in [9.17, 15) is 22.4 Å². The minimum absolute atomic E-state index is 0.0141. The number of nitrogens with zero attached hydrogens (tertiary/aromatic N) is 1. The van der Waals surface area contributed by atoms with Crippen LogP contribution in [0.15, 0.2) is 48.5 Å². The van der Waals surface area contributed by atoms with E-state index >= 15 is 0 Å². The first kappa shape index (κ1) is 26.2. The number of fused-ring (bicyclic) bond motifs is 1. The number of anilines is 1. The molecule has 4 rings (SSSR count). The van der Waals surface area contributed by atoms with Crippen LogP contribution >= 0.6 is 0 Å². The lowest BCUT2D eigenvalue weighted by atomic mass is 9.98. The maximum Gasteiger partial charge on any atom is 0.418 e. The molecule has 0 unspecified atom stereocenters. The Kier molecular flexibility index (Phi) is 7.85. The minimum atomic E-state index is -4.66. The van der Waals surface area contributed by atoms with Crippen molar-refractivity contribution in [2.75, 3.05) is 25.6 Å². The molecule has 0 fully saturated rings. The predicted octanol–water partition coefficient (Wildman–Crippen LogP) is 6.30. The number of nitrogens with one attached hydrogen (secondary N) is 1. The number of hydrogen-bond acceptors (Lipinski definition) is 5. The highest BCUT2D eigenvalue weighted by Crippen LogP contribution is 2.38. The maximum atomic E-state index is 14.1. The van der Waals surface area contributed by atoms with Crippen molar-refractivity contribution in [2.24, 2.45) is 0 Å². The molecular weight excluding hydrogens is 492 g/mol. The SMILES string of the molecule is COc1ccc(-c2nc(NCCCOc3ccc4c(c3)CC[C@H]4CC(=O)O)ccc2C(F)(F)F)cc1F. The van der Waals surface area contributed by atoms with Gasteiger partial charge in [0, 0.05) is 12.1 Å². The van der Waals surface area contributed by atoms with Crippen molar-refractivity contribution >= 4 is 11.8 Å². The number of carboxylic acids is 1. The topological polar surface area (TPSA) is 80.7 Å². The number of halogens is 4. The Morgan fingerprint density at radius 1 is 1.16 bits per heavy atom. The van der Waals surface area contributed by atoms with Gasteiger partial charge in [0.15, 0.2) is 11.6 Å². The van der Waals surface area contributed by atoms with E-state index < -0.39 is 23.5 Å². The molecule has 0 saturated heterocycles. The number of rotatable bonds is 10. The van der Waals surface area contributed by atoms with E-state index in [0.29, 0.717) is 25.3 Å². The second-order valence-corrected chi connectivity index (χ2v) is 8.76. The van der Waals surface area contributed by atoms with Gasteiger partial charge in [-0.15, -0.1) is 0 Å². The number of methoxy groups -OCH3 is 1. The third kappa shape index (κ3) is 6.31. The van der Waals surface area contributed by atoms with Crippen LogP contribution in [0.25, 0.3) is 11.3 Å². The summed E-state index contributed by atoms with van der Waals surface area (Å²) in [5, 5.41) is 12.0.